The van der Waals surface area contributed by atoms with Gasteiger partial charge in [-0.1, -0.05) is 6.07 Å². The van der Waals surface area contributed by atoms with Gasteiger partial charge in [0.15, 0.2) is 5.96 Å². The van der Waals surface area contributed by atoms with Crippen molar-refractivity contribution in [3.05, 3.63) is 42.1 Å². The highest BCUT2D eigenvalue weighted by Gasteiger charge is 2.03. The summed E-state index contributed by atoms with van der Waals surface area (Å²) in [5, 5.41) is 6.45. The van der Waals surface area contributed by atoms with Gasteiger partial charge in [0, 0.05) is 45.3 Å². The van der Waals surface area contributed by atoms with E-state index in [2.05, 4.69) is 25.6 Å². The van der Waals surface area contributed by atoms with Crippen molar-refractivity contribution < 1.29 is 4.74 Å². The minimum absolute atomic E-state index is 0.657. The zero-order valence-corrected chi connectivity index (χ0v) is 13.9. The van der Waals surface area contributed by atoms with E-state index in [0.29, 0.717) is 13.2 Å². The summed E-state index contributed by atoms with van der Waals surface area (Å²) in [4.78, 5) is 12.9. The normalized spacial score (nSPS) is 11.5. The lowest BCUT2D eigenvalue weighted by Crippen LogP contribution is -2.38. The summed E-state index contributed by atoms with van der Waals surface area (Å²) in [5.41, 5.74) is 1.08. The van der Waals surface area contributed by atoms with Crippen LogP contribution in [-0.2, 0) is 11.3 Å². The average molecular weight is 316 g/mol. The maximum atomic E-state index is 5.29. The number of rotatable bonds is 7. The molecule has 0 spiro atoms. The van der Waals surface area contributed by atoms with Crippen molar-refractivity contribution in [1.82, 2.24) is 25.2 Å². The van der Waals surface area contributed by atoms with E-state index in [0.717, 1.165) is 36.3 Å². The molecule has 0 aliphatic carbocycles. The smallest absolute Gasteiger partial charge is 0.191 e. The third kappa shape index (κ3) is 5.07. The highest BCUT2D eigenvalue weighted by molar-refractivity contribution is 5.79. The summed E-state index contributed by atoms with van der Waals surface area (Å²) in [5.74, 6) is 2.53. The summed E-state index contributed by atoms with van der Waals surface area (Å²) >= 11 is 0. The first-order chi connectivity index (χ1) is 11.2. The Morgan fingerprint density at radius 1 is 1.30 bits per heavy atom. The van der Waals surface area contributed by atoms with Crippen molar-refractivity contribution in [1.29, 1.82) is 0 Å². The molecule has 0 saturated carbocycles. The van der Waals surface area contributed by atoms with Crippen LogP contribution in [0.15, 0.2) is 35.7 Å². The van der Waals surface area contributed by atoms with E-state index >= 15 is 0 Å². The second-order valence-corrected chi connectivity index (χ2v) is 4.92. The monoisotopic (exact) mass is 316 g/mol. The molecule has 2 N–H and O–H groups in total. The van der Waals surface area contributed by atoms with E-state index in [1.54, 1.807) is 13.2 Å². The van der Waals surface area contributed by atoms with Gasteiger partial charge in [-0.05, 0) is 25.5 Å². The Morgan fingerprint density at radius 3 is 2.78 bits per heavy atom. The molecule has 7 nitrogen and oxygen atoms in total. The molecule has 0 bridgehead atoms. The molecular weight excluding hydrogens is 292 g/mol. The van der Waals surface area contributed by atoms with Gasteiger partial charge < -0.3 is 15.4 Å². The standard InChI is InChI=1S/C16H24N6O/c1-4-23-10-8-19-16(17-3)21-12-14-5-6-15(20-11-14)22-9-7-18-13(22)2/h5-7,9,11H,4,8,10,12H2,1-3H3,(H2,17,19,21). The molecule has 0 amide bonds. The van der Waals surface area contributed by atoms with Gasteiger partial charge in [-0.15, -0.1) is 0 Å². The van der Waals surface area contributed by atoms with Crippen molar-refractivity contribution in [2.24, 2.45) is 4.99 Å². The highest BCUT2D eigenvalue weighted by Crippen LogP contribution is 2.08. The first kappa shape index (κ1) is 17.0. The van der Waals surface area contributed by atoms with Crippen molar-refractivity contribution in [2.45, 2.75) is 20.4 Å². The van der Waals surface area contributed by atoms with Crippen LogP contribution in [0.1, 0.15) is 18.3 Å². The largest absolute Gasteiger partial charge is 0.380 e. The van der Waals surface area contributed by atoms with Crippen LogP contribution in [-0.4, -0.2) is 47.3 Å². The number of pyridine rings is 1. The molecular formula is C16H24N6O. The van der Waals surface area contributed by atoms with Crippen LogP contribution in [0.25, 0.3) is 5.82 Å². The highest BCUT2D eigenvalue weighted by atomic mass is 16.5. The molecule has 2 aromatic heterocycles. The lowest BCUT2D eigenvalue weighted by atomic mass is 10.3. The molecule has 0 atom stereocenters. The van der Waals surface area contributed by atoms with Crippen LogP contribution in [0, 0.1) is 6.92 Å². The van der Waals surface area contributed by atoms with E-state index in [4.69, 9.17) is 4.74 Å². The lowest BCUT2D eigenvalue weighted by molar-refractivity contribution is 0.152. The van der Waals surface area contributed by atoms with E-state index in [-0.39, 0.29) is 0 Å². The molecule has 0 saturated heterocycles. The number of hydrogen-bond donors (Lipinski definition) is 2. The Labute approximate surface area is 136 Å². The number of nitrogens with one attached hydrogen (secondary N) is 2. The Morgan fingerprint density at radius 2 is 2.17 bits per heavy atom. The fraction of sp³-hybridized carbons (Fsp3) is 0.438. The SMILES string of the molecule is CCOCCNC(=NC)NCc1ccc(-n2ccnc2C)nc1. The van der Waals surface area contributed by atoms with E-state index in [1.165, 1.54) is 0 Å². The lowest BCUT2D eigenvalue weighted by Gasteiger charge is -2.12. The van der Waals surface area contributed by atoms with Gasteiger partial charge in [0.05, 0.1) is 6.61 Å². The summed E-state index contributed by atoms with van der Waals surface area (Å²) in [6.07, 6.45) is 5.53. The molecule has 2 aromatic rings. The molecule has 0 aromatic carbocycles. The van der Waals surface area contributed by atoms with Crippen LogP contribution in [0.5, 0.6) is 0 Å². The van der Waals surface area contributed by atoms with Crippen molar-refractivity contribution in [3.63, 3.8) is 0 Å². The Hall–Kier alpha value is -2.41. The summed E-state index contributed by atoms with van der Waals surface area (Å²) in [7, 11) is 1.75. The quantitative estimate of drug-likeness (QED) is 0.457. The first-order valence-corrected chi connectivity index (χ1v) is 7.72. The summed E-state index contributed by atoms with van der Waals surface area (Å²) < 4.78 is 7.24. The number of hydrogen-bond acceptors (Lipinski definition) is 4. The van der Waals surface area contributed by atoms with E-state index in [9.17, 15) is 0 Å². The molecule has 0 fully saturated rings. The van der Waals surface area contributed by atoms with Crippen molar-refractivity contribution in [3.8, 4) is 5.82 Å². The molecule has 2 heterocycles. The van der Waals surface area contributed by atoms with Crippen molar-refractivity contribution in [2.75, 3.05) is 26.8 Å². The number of nitrogens with zero attached hydrogens (tertiary/aromatic N) is 4. The van der Waals surface area contributed by atoms with Crippen LogP contribution >= 0.6 is 0 Å². The number of aliphatic imine (C=N–C) groups is 1. The Bertz CT molecular complexity index is 620. The topological polar surface area (TPSA) is 76.4 Å². The van der Waals surface area contributed by atoms with Crippen LogP contribution in [0.4, 0.5) is 0 Å². The molecule has 0 aliphatic heterocycles. The number of imidazole rings is 1. The minimum Gasteiger partial charge on any atom is -0.380 e. The van der Waals surface area contributed by atoms with Crippen LogP contribution in [0.2, 0.25) is 0 Å². The number of aromatic nitrogens is 3. The summed E-state index contributed by atoms with van der Waals surface area (Å²) in [6, 6.07) is 4.03. The predicted molar refractivity (Wildman–Crippen MR) is 90.8 cm³/mol. The van der Waals surface area contributed by atoms with Gasteiger partial charge >= 0.3 is 0 Å². The van der Waals surface area contributed by atoms with Crippen molar-refractivity contribution >= 4 is 5.96 Å². The zero-order valence-electron chi connectivity index (χ0n) is 13.9. The second-order valence-electron chi connectivity index (χ2n) is 4.92. The predicted octanol–water partition coefficient (Wildman–Crippen LogP) is 1.28. The second kappa shape index (κ2) is 8.89. The number of guanidine groups is 1. The van der Waals surface area contributed by atoms with Gasteiger partial charge in [0.25, 0.3) is 0 Å². The van der Waals surface area contributed by atoms with Crippen LogP contribution in [0.3, 0.4) is 0 Å². The average Bonchev–Trinajstić information content (AvgIpc) is 3.01. The number of ether oxygens (including phenoxy) is 1. The molecule has 2 rings (SSSR count). The van der Waals surface area contributed by atoms with Crippen LogP contribution < -0.4 is 10.6 Å². The Kier molecular flexibility index (Phi) is 6.56. The fourth-order valence-electron chi connectivity index (χ4n) is 2.08. The zero-order chi connectivity index (χ0) is 16.5. The van der Waals surface area contributed by atoms with Gasteiger partial charge in [-0.3, -0.25) is 9.56 Å². The van der Waals surface area contributed by atoms with Gasteiger partial charge in [-0.25, -0.2) is 9.97 Å². The van der Waals surface area contributed by atoms with Gasteiger partial charge in [-0.2, -0.15) is 0 Å². The third-order valence-electron chi connectivity index (χ3n) is 3.31. The van der Waals surface area contributed by atoms with E-state index < -0.39 is 0 Å². The molecule has 23 heavy (non-hydrogen) atoms. The molecule has 124 valence electrons. The first-order valence-electron chi connectivity index (χ1n) is 7.72. The number of aryl methyl sites for hydroxylation is 1. The van der Waals surface area contributed by atoms with Gasteiger partial charge in [0.2, 0.25) is 0 Å². The molecule has 7 heteroatoms. The molecule has 0 radical (unpaired) electrons. The maximum absolute atomic E-state index is 5.29. The maximum Gasteiger partial charge on any atom is 0.191 e. The van der Waals surface area contributed by atoms with E-state index in [1.807, 2.05) is 42.9 Å². The Balaban J connectivity index is 1.85. The fourth-order valence-corrected chi connectivity index (χ4v) is 2.08. The molecule has 0 aliphatic rings. The van der Waals surface area contributed by atoms with Gasteiger partial charge in [0.1, 0.15) is 11.6 Å². The third-order valence-corrected chi connectivity index (χ3v) is 3.31. The minimum atomic E-state index is 0.657. The summed E-state index contributed by atoms with van der Waals surface area (Å²) in [6.45, 7) is 6.71. The molecule has 0 unspecified atom stereocenters.